The van der Waals surface area contributed by atoms with Crippen molar-refractivity contribution in [3.05, 3.63) is 36.2 Å². The van der Waals surface area contributed by atoms with E-state index < -0.39 is 32.2 Å². The summed E-state index contributed by atoms with van der Waals surface area (Å²) in [4.78, 5) is -0.723. The number of nitrogen functional groups attached to an aromatic ring is 1. The highest BCUT2D eigenvalue weighted by atomic mass is 32.2. The molecule has 0 aliphatic carbocycles. The Kier molecular flexibility index (Phi) is 3.86. The van der Waals surface area contributed by atoms with Gasteiger partial charge >= 0.3 is 0 Å². The number of rotatable bonds is 4. The second kappa shape index (κ2) is 5.32. The number of hydrogen-bond donors (Lipinski definition) is 2. The maximum absolute atomic E-state index is 13.6. The van der Waals surface area contributed by atoms with Crippen LogP contribution in [-0.2, 0) is 10.0 Å². The fraction of sp³-hybridized carbons (Fsp3) is 0.250. The summed E-state index contributed by atoms with van der Waals surface area (Å²) in [5, 5.41) is 3.96. The summed E-state index contributed by atoms with van der Waals surface area (Å²) in [6, 6.07) is 1.21. The van der Waals surface area contributed by atoms with Crippen LogP contribution in [0.1, 0.15) is 19.9 Å². The molecule has 1 aromatic carbocycles. The zero-order valence-electron chi connectivity index (χ0n) is 11.3. The predicted octanol–water partition coefficient (Wildman–Crippen LogP) is 2.13. The van der Waals surface area contributed by atoms with Gasteiger partial charge in [0.15, 0.2) is 0 Å². The molecule has 21 heavy (non-hydrogen) atoms. The van der Waals surface area contributed by atoms with Crippen molar-refractivity contribution < 1.29 is 17.2 Å². The molecule has 0 unspecified atom stereocenters. The maximum atomic E-state index is 13.6. The third-order valence-electron chi connectivity index (χ3n) is 2.72. The van der Waals surface area contributed by atoms with E-state index in [1.807, 2.05) is 13.8 Å². The average molecular weight is 316 g/mol. The van der Waals surface area contributed by atoms with E-state index in [1.54, 1.807) is 0 Å². The minimum Gasteiger partial charge on any atom is -0.396 e. The first-order valence-corrected chi connectivity index (χ1v) is 7.50. The summed E-state index contributed by atoms with van der Waals surface area (Å²) in [7, 11) is -4.22. The van der Waals surface area contributed by atoms with Gasteiger partial charge in [0.05, 0.1) is 17.6 Å². The lowest BCUT2D eigenvalue weighted by Gasteiger charge is -2.08. The number of anilines is 2. The lowest BCUT2D eigenvalue weighted by atomic mass is 10.3. The van der Waals surface area contributed by atoms with Crippen LogP contribution in [0.25, 0.3) is 0 Å². The summed E-state index contributed by atoms with van der Waals surface area (Å²) in [5.41, 5.74) is 5.00. The van der Waals surface area contributed by atoms with Crippen LogP contribution >= 0.6 is 0 Å². The van der Waals surface area contributed by atoms with Crippen molar-refractivity contribution in [2.75, 3.05) is 10.5 Å². The van der Waals surface area contributed by atoms with Gasteiger partial charge in [0, 0.05) is 18.3 Å². The number of nitrogens with zero attached hydrogens (tertiary/aromatic N) is 2. The Morgan fingerprint density at radius 3 is 2.52 bits per heavy atom. The van der Waals surface area contributed by atoms with Gasteiger partial charge in [-0.25, -0.2) is 17.2 Å². The highest BCUT2D eigenvalue weighted by molar-refractivity contribution is 7.92. The normalized spacial score (nSPS) is 11.9. The molecule has 0 fully saturated rings. The van der Waals surface area contributed by atoms with Gasteiger partial charge < -0.3 is 5.73 Å². The summed E-state index contributed by atoms with van der Waals surface area (Å²) in [5.74, 6) is -2.23. The number of benzene rings is 1. The van der Waals surface area contributed by atoms with E-state index in [0.717, 1.165) is 6.07 Å². The average Bonchev–Trinajstić information content (AvgIpc) is 2.81. The van der Waals surface area contributed by atoms with E-state index in [9.17, 15) is 17.2 Å². The molecule has 3 N–H and O–H groups in total. The predicted molar refractivity (Wildman–Crippen MR) is 74.2 cm³/mol. The molecule has 0 saturated carbocycles. The standard InChI is InChI=1S/C12H14F2N4O2S/c1-7(2)18-6-8(5-16-18)17-21(19,20)12-4-11(15)9(13)3-10(12)14/h3-7,17H,15H2,1-2H3. The van der Waals surface area contributed by atoms with Crippen molar-refractivity contribution in [1.82, 2.24) is 9.78 Å². The Hall–Kier alpha value is -2.16. The molecule has 0 radical (unpaired) electrons. The van der Waals surface area contributed by atoms with Gasteiger partial charge in [-0.2, -0.15) is 5.10 Å². The molecule has 0 amide bonds. The largest absolute Gasteiger partial charge is 0.396 e. The number of hydrogen-bond acceptors (Lipinski definition) is 4. The van der Waals surface area contributed by atoms with Crippen molar-refractivity contribution in [3.8, 4) is 0 Å². The fourth-order valence-corrected chi connectivity index (χ4v) is 2.76. The van der Waals surface area contributed by atoms with E-state index in [2.05, 4.69) is 9.82 Å². The second-order valence-corrected chi connectivity index (χ2v) is 6.36. The molecule has 1 aromatic heterocycles. The van der Waals surface area contributed by atoms with Gasteiger partial charge in [-0.1, -0.05) is 0 Å². The Balaban J connectivity index is 2.36. The monoisotopic (exact) mass is 316 g/mol. The van der Waals surface area contributed by atoms with Gasteiger partial charge in [0.2, 0.25) is 0 Å². The molecule has 6 nitrogen and oxygen atoms in total. The van der Waals surface area contributed by atoms with Gasteiger partial charge in [0.25, 0.3) is 10.0 Å². The van der Waals surface area contributed by atoms with Crippen molar-refractivity contribution >= 4 is 21.4 Å². The van der Waals surface area contributed by atoms with Crippen LogP contribution in [0, 0.1) is 11.6 Å². The first-order valence-electron chi connectivity index (χ1n) is 6.02. The van der Waals surface area contributed by atoms with Gasteiger partial charge in [-0.15, -0.1) is 0 Å². The van der Waals surface area contributed by atoms with E-state index in [1.165, 1.54) is 17.1 Å². The topological polar surface area (TPSA) is 90.0 Å². The van der Waals surface area contributed by atoms with E-state index >= 15 is 0 Å². The number of sulfonamides is 1. The van der Waals surface area contributed by atoms with Crippen molar-refractivity contribution in [2.45, 2.75) is 24.8 Å². The molecule has 0 aliphatic heterocycles. The zero-order valence-corrected chi connectivity index (χ0v) is 12.2. The smallest absolute Gasteiger partial charge is 0.264 e. The number of nitrogens with one attached hydrogen (secondary N) is 1. The van der Waals surface area contributed by atoms with Crippen molar-refractivity contribution in [1.29, 1.82) is 0 Å². The zero-order chi connectivity index (χ0) is 15.8. The van der Waals surface area contributed by atoms with Crippen LogP contribution in [0.15, 0.2) is 29.4 Å². The van der Waals surface area contributed by atoms with Gasteiger partial charge in [-0.3, -0.25) is 9.40 Å². The van der Waals surface area contributed by atoms with Crippen LogP contribution < -0.4 is 10.5 Å². The molecule has 9 heteroatoms. The molecule has 0 saturated heterocycles. The number of halogens is 2. The third-order valence-corrected chi connectivity index (χ3v) is 4.12. The van der Waals surface area contributed by atoms with Gasteiger partial charge in [0.1, 0.15) is 16.5 Å². The fourth-order valence-electron chi connectivity index (χ4n) is 1.63. The van der Waals surface area contributed by atoms with Gasteiger partial charge in [-0.05, 0) is 19.9 Å². The lowest BCUT2D eigenvalue weighted by molar-refractivity contribution is 0.532. The minimum atomic E-state index is -4.22. The van der Waals surface area contributed by atoms with Crippen molar-refractivity contribution in [2.24, 2.45) is 0 Å². The Morgan fingerprint density at radius 2 is 1.95 bits per heavy atom. The maximum Gasteiger partial charge on any atom is 0.264 e. The SMILES string of the molecule is CC(C)n1cc(NS(=O)(=O)c2cc(N)c(F)cc2F)cn1. The number of nitrogens with two attached hydrogens (primary N) is 1. The Bertz CT molecular complexity index is 772. The highest BCUT2D eigenvalue weighted by Crippen LogP contribution is 2.23. The van der Waals surface area contributed by atoms with Crippen LogP contribution in [0.5, 0.6) is 0 Å². The second-order valence-electron chi connectivity index (χ2n) is 4.71. The molecule has 0 atom stereocenters. The molecular weight excluding hydrogens is 302 g/mol. The molecule has 0 aliphatic rings. The highest BCUT2D eigenvalue weighted by Gasteiger charge is 2.22. The molecule has 0 spiro atoms. The molecule has 114 valence electrons. The summed E-state index contributed by atoms with van der Waals surface area (Å²) < 4.78 is 54.6. The summed E-state index contributed by atoms with van der Waals surface area (Å²) in [6.07, 6.45) is 2.76. The molecule has 1 heterocycles. The quantitative estimate of drug-likeness (QED) is 0.846. The molecule has 2 aromatic rings. The van der Waals surface area contributed by atoms with Crippen molar-refractivity contribution in [3.63, 3.8) is 0 Å². The van der Waals surface area contributed by atoms with Crippen LogP contribution in [0.4, 0.5) is 20.2 Å². The van der Waals surface area contributed by atoms with Crippen LogP contribution in [0.3, 0.4) is 0 Å². The lowest BCUT2D eigenvalue weighted by Crippen LogP contribution is -2.15. The first kappa shape index (κ1) is 15.2. The first-order chi connectivity index (χ1) is 9.70. The van der Waals surface area contributed by atoms with Crippen LogP contribution in [0.2, 0.25) is 0 Å². The van der Waals surface area contributed by atoms with E-state index in [4.69, 9.17) is 5.73 Å². The van der Waals surface area contributed by atoms with Crippen LogP contribution in [-0.4, -0.2) is 18.2 Å². The summed E-state index contributed by atoms with van der Waals surface area (Å²) in [6.45, 7) is 3.73. The van der Waals surface area contributed by atoms with E-state index in [-0.39, 0.29) is 11.7 Å². The summed E-state index contributed by atoms with van der Waals surface area (Å²) >= 11 is 0. The molecule has 2 rings (SSSR count). The third kappa shape index (κ3) is 3.13. The molecular formula is C12H14F2N4O2S. The molecule has 0 bridgehead atoms. The Labute approximate surface area is 120 Å². The minimum absolute atomic E-state index is 0.0430. The van der Waals surface area contributed by atoms with E-state index in [0.29, 0.717) is 6.07 Å². The number of aromatic nitrogens is 2. The Morgan fingerprint density at radius 1 is 1.29 bits per heavy atom.